The Morgan fingerprint density at radius 2 is 1.84 bits per heavy atom. The molecule has 2 aromatic carbocycles. The molecule has 0 saturated carbocycles. The van der Waals surface area contributed by atoms with E-state index in [4.69, 9.17) is 25.0 Å². The SMILES string of the molecule is CCOc1ccc([C@@H]2C(C(N)=O)=C(C)Nc3nc(-c4ccc(OC)c(OC)c4)nn32)cc1. The van der Waals surface area contributed by atoms with Gasteiger partial charge in [-0.05, 0) is 49.7 Å². The molecular weight excluding hydrogens is 410 g/mol. The van der Waals surface area contributed by atoms with Crippen LogP contribution in [0.15, 0.2) is 53.7 Å². The summed E-state index contributed by atoms with van der Waals surface area (Å²) in [5.74, 6) is 2.39. The number of nitrogens with zero attached hydrogens (tertiary/aromatic N) is 3. The molecule has 0 radical (unpaired) electrons. The summed E-state index contributed by atoms with van der Waals surface area (Å²) in [5.41, 5.74) is 8.40. The van der Waals surface area contributed by atoms with Gasteiger partial charge in [-0.3, -0.25) is 4.79 Å². The van der Waals surface area contributed by atoms with Crippen molar-refractivity contribution >= 4 is 11.9 Å². The highest BCUT2D eigenvalue weighted by Crippen LogP contribution is 2.37. The molecule has 0 saturated heterocycles. The predicted molar refractivity (Wildman–Crippen MR) is 120 cm³/mol. The Kier molecular flexibility index (Phi) is 5.72. The summed E-state index contributed by atoms with van der Waals surface area (Å²) in [4.78, 5) is 17.0. The van der Waals surface area contributed by atoms with Gasteiger partial charge in [-0.2, -0.15) is 4.98 Å². The van der Waals surface area contributed by atoms with Crippen LogP contribution in [0.4, 0.5) is 5.95 Å². The second-order valence-electron chi connectivity index (χ2n) is 7.21. The first-order chi connectivity index (χ1) is 15.5. The van der Waals surface area contributed by atoms with Crippen molar-refractivity contribution in [3.63, 3.8) is 0 Å². The van der Waals surface area contributed by atoms with Crippen LogP contribution in [0.2, 0.25) is 0 Å². The molecule has 1 aliphatic heterocycles. The zero-order valence-electron chi connectivity index (χ0n) is 18.4. The minimum atomic E-state index is -0.527. The summed E-state index contributed by atoms with van der Waals surface area (Å²) in [5, 5.41) is 7.86. The number of carbonyl (C=O) groups excluding carboxylic acids is 1. The van der Waals surface area contributed by atoms with Crippen LogP contribution >= 0.6 is 0 Å². The summed E-state index contributed by atoms with van der Waals surface area (Å²) in [7, 11) is 3.15. The van der Waals surface area contributed by atoms with Crippen molar-refractivity contribution in [1.82, 2.24) is 14.8 Å². The number of allylic oxidation sites excluding steroid dienone is 1. The van der Waals surface area contributed by atoms with Crippen molar-refractivity contribution in [2.75, 3.05) is 26.1 Å². The number of hydrogen-bond donors (Lipinski definition) is 2. The number of rotatable bonds is 7. The van der Waals surface area contributed by atoms with Crippen LogP contribution in [0, 0.1) is 0 Å². The van der Waals surface area contributed by atoms with Crippen molar-refractivity contribution in [2.45, 2.75) is 19.9 Å². The van der Waals surface area contributed by atoms with Crippen LogP contribution in [-0.2, 0) is 4.79 Å². The lowest BCUT2D eigenvalue weighted by Gasteiger charge is -2.27. The lowest BCUT2D eigenvalue weighted by Crippen LogP contribution is -2.31. The third-order valence-corrected chi connectivity index (χ3v) is 5.27. The van der Waals surface area contributed by atoms with E-state index in [0.29, 0.717) is 41.1 Å². The van der Waals surface area contributed by atoms with E-state index in [1.807, 2.05) is 37.3 Å². The number of nitrogens with two attached hydrogens (primary N) is 1. The Hall–Kier alpha value is -4.01. The number of nitrogens with one attached hydrogen (secondary N) is 1. The lowest BCUT2D eigenvalue weighted by atomic mass is 9.95. The average molecular weight is 435 g/mol. The molecule has 166 valence electrons. The van der Waals surface area contributed by atoms with Crippen molar-refractivity contribution in [1.29, 1.82) is 0 Å². The van der Waals surface area contributed by atoms with Gasteiger partial charge in [0.1, 0.15) is 11.8 Å². The molecular formula is C23H25N5O4. The Balaban J connectivity index is 1.81. The van der Waals surface area contributed by atoms with E-state index in [0.717, 1.165) is 16.9 Å². The maximum Gasteiger partial charge on any atom is 0.248 e. The number of benzene rings is 2. The zero-order valence-corrected chi connectivity index (χ0v) is 18.4. The first kappa shape index (κ1) is 21.2. The highest BCUT2D eigenvalue weighted by molar-refractivity contribution is 5.95. The van der Waals surface area contributed by atoms with Gasteiger partial charge in [-0.25, -0.2) is 4.68 Å². The number of amides is 1. The van der Waals surface area contributed by atoms with Gasteiger partial charge >= 0.3 is 0 Å². The molecule has 3 N–H and O–H groups in total. The maximum atomic E-state index is 12.4. The summed E-state index contributed by atoms with van der Waals surface area (Å²) >= 11 is 0. The van der Waals surface area contributed by atoms with E-state index in [1.165, 1.54) is 0 Å². The fourth-order valence-corrected chi connectivity index (χ4v) is 3.79. The van der Waals surface area contributed by atoms with Gasteiger partial charge in [0, 0.05) is 11.3 Å². The predicted octanol–water partition coefficient (Wildman–Crippen LogP) is 3.14. The average Bonchev–Trinajstić information content (AvgIpc) is 3.21. The molecule has 3 aromatic rings. The fraction of sp³-hybridized carbons (Fsp3) is 0.261. The fourth-order valence-electron chi connectivity index (χ4n) is 3.79. The number of carbonyl (C=O) groups is 1. The van der Waals surface area contributed by atoms with E-state index >= 15 is 0 Å². The highest BCUT2D eigenvalue weighted by atomic mass is 16.5. The summed E-state index contributed by atoms with van der Waals surface area (Å²) < 4.78 is 17.9. The zero-order chi connectivity index (χ0) is 22.8. The van der Waals surface area contributed by atoms with Gasteiger partial charge in [0.25, 0.3) is 0 Å². The van der Waals surface area contributed by atoms with Crippen molar-refractivity contribution < 1.29 is 19.0 Å². The van der Waals surface area contributed by atoms with Crippen LogP contribution in [0.25, 0.3) is 11.4 Å². The minimum absolute atomic E-state index is 0.422. The van der Waals surface area contributed by atoms with E-state index < -0.39 is 11.9 Å². The normalized spacial score (nSPS) is 15.1. The third-order valence-electron chi connectivity index (χ3n) is 5.27. The number of methoxy groups -OCH3 is 2. The van der Waals surface area contributed by atoms with E-state index in [-0.39, 0.29) is 0 Å². The van der Waals surface area contributed by atoms with Gasteiger partial charge in [0.15, 0.2) is 17.3 Å². The van der Waals surface area contributed by atoms with Gasteiger partial charge in [-0.1, -0.05) is 12.1 Å². The molecule has 4 rings (SSSR count). The number of fused-ring (bicyclic) bond motifs is 1. The molecule has 9 nitrogen and oxygen atoms in total. The van der Waals surface area contributed by atoms with Gasteiger partial charge in [0.2, 0.25) is 11.9 Å². The molecule has 32 heavy (non-hydrogen) atoms. The molecule has 1 aromatic heterocycles. The lowest BCUT2D eigenvalue weighted by molar-refractivity contribution is -0.115. The quantitative estimate of drug-likeness (QED) is 0.586. The van der Waals surface area contributed by atoms with Crippen LogP contribution in [0.5, 0.6) is 17.2 Å². The van der Waals surface area contributed by atoms with E-state index in [9.17, 15) is 4.79 Å². The van der Waals surface area contributed by atoms with E-state index in [2.05, 4.69) is 10.3 Å². The van der Waals surface area contributed by atoms with Crippen LogP contribution in [0.1, 0.15) is 25.5 Å². The minimum Gasteiger partial charge on any atom is -0.494 e. The van der Waals surface area contributed by atoms with Crippen LogP contribution in [-0.4, -0.2) is 41.5 Å². The van der Waals surface area contributed by atoms with Crippen molar-refractivity contribution in [3.05, 3.63) is 59.3 Å². The Morgan fingerprint density at radius 3 is 2.47 bits per heavy atom. The molecule has 0 bridgehead atoms. The monoisotopic (exact) mass is 435 g/mol. The second kappa shape index (κ2) is 8.62. The summed E-state index contributed by atoms with van der Waals surface area (Å²) in [6, 6.07) is 12.5. The van der Waals surface area contributed by atoms with Crippen LogP contribution in [0.3, 0.4) is 0 Å². The third kappa shape index (κ3) is 3.73. The molecule has 0 spiro atoms. The highest BCUT2D eigenvalue weighted by Gasteiger charge is 2.33. The van der Waals surface area contributed by atoms with Gasteiger partial charge in [-0.15, -0.1) is 5.10 Å². The topological polar surface area (TPSA) is 114 Å². The summed E-state index contributed by atoms with van der Waals surface area (Å²) in [6.45, 7) is 4.30. The Bertz CT molecular complexity index is 1180. The first-order valence-electron chi connectivity index (χ1n) is 10.2. The standard InChI is InChI=1S/C23H25N5O4/c1-5-32-16-9-6-14(7-10-16)20-19(21(24)29)13(2)25-23-26-22(27-28(20)23)15-8-11-17(30-3)18(12-15)31-4/h6-12,20H,5H2,1-4H3,(H2,24,29)(H,25,26,27)/t20-/m1/s1. The number of aromatic nitrogens is 3. The molecule has 0 fully saturated rings. The number of primary amides is 1. The molecule has 0 aliphatic carbocycles. The maximum absolute atomic E-state index is 12.4. The Labute approximate surface area is 185 Å². The van der Waals surface area contributed by atoms with Gasteiger partial charge < -0.3 is 25.3 Å². The van der Waals surface area contributed by atoms with Crippen molar-refractivity contribution in [2.24, 2.45) is 5.73 Å². The number of anilines is 1. The molecule has 0 unspecified atom stereocenters. The molecule has 1 aliphatic rings. The summed E-state index contributed by atoms with van der Waals surface area (Å²) in [6.07, 6.45) is 0. The van der Waals surface area contributed by atoms with Gasteiger partial charge in [0.05, 0.1) is 26.4 Å². The number of ether oxygens (including phenoxy) is 3. The first-order valence-corrected chi connectivity index (χ1v) is 10.2. The molecule has 1 amide bonds. The Morgan fingerprint density at radius 1 is 1.12 bits per heavy atom. The van der Waals surface area contributed by atoms with Crippen molar-refractivity contribution in [3.8, 4) is 28.6 Å². The molecule has 2 heterocycles. The molecule has 1 atom stereocenters. The van der Waals surface area contributed by atoms with Crippen LogP contribution < -0.4 is 25.3 Å². The smallest absolute Gasteiger partial charge is 0.248 e. The van der Waals surface area contributed by atoms with E-state index in [1.54, 1.807) is 38.0 Å². The number of hydrogen-bond acceptors (Lipinski definition) is 7. The second-order valence-corrected chi connectivity index (χ2v) is 7.21. The largest absolute Gasteiger partial charge is 0.494 e. The molecule has 9 heteroatoms.